The third-order valence-electron chi connectivity index (χ3n) is 6.06. The Kier molecular flexibility index (Phi) is 7.91. The first-order chi connectivity index (χ1) is 15.5. The Labute approximate surface area is 198 Å². The normalized spacial score (nSPS) is 20.3. The molecule has 0 unspecified atom stereocenters. The molecule has 2 fully saturated rings. The fourth-order valence-electron chi connectivity index (χ4n) is 4.72. The quantitative estimate of drug-likeness (QED) is 0.508. The smallest absolute Gasteiger partial charge is 0.416 e. The van der Waals surface area contributed by atoms with Gasteiger partial charge in [-0.25, -0.2) is 14.6 Å². The molecular formula is C26H41N3O4. The Balaban J connectivity index is 1.99. The molecule has 7 heteroatoms. The summed E-state index contributed by atoms with van der Waals surface area (Å²) in [6.45, 7) is 11.9. The fraction of sp³-hybridized carbons (Fsp3) is 0.731. The number of rotatable bonds is 3. The molecule has 1 atom stereocenters. The number of hydrogen-bond donors (Lipinski definition) is 0. The standard InChI is InChI=1S/C26H41N3O4/c1-25(2,3)32-23(30)28-18-11-10-16-21(28)20-15-12-17-27-22(20)29(19-13-8-7-9-14-19)24(31)33-26(4,5)6/h12,15,17,19,21H,7-11,13-14,16,18H2,1-6H3/t21-/m1/s1. The lowest BCUT2D eigenvalue weighted by atomic mass is 9.92. The Hall–Kier alpha value is -2.31. The van der Waals surface area contributed by atoms with Crippen molar-refractivity contribution in [2.45, 2.75) is 116 Å². The van der Waals surface area contributed by atoms with Crippen LogP contribution in [0.25, 0.3) is 0 Å². The highest BCUT2D eigenvalue weighted by Crippen LogP contribution is 2.38. The van der Waals surface area contributed by atoms with E-state index in [9.17, 15) is 9.59 Å². The lowest BCUT2D eigenvalue weighted by Crippen LogP contribution is -2.47. The highest BCUT2D eigenvalue weighted by molar-refractivity contribution is 5.88. The summed E-state index contributed by atoms with van der Waals surface area (Å²) in [5.41, 5.74) is -0.284. The molecule has 1 saturated carbocycles. The average Bonchev–Trinajstić information content (AvgIpc) is 2.73. The number of nitrogens with zero attached hydrogens (tertiary/aromatic N) is 3. The summed E-state index contributed by atoms with van der Waals surface area (Å²) >= 11 is 0. The van der Waals surface area contributed by atoms with Gasteiger partial charge < -0.3 is 14.4 Å². The second-order valence-corrected chi connectivity index (χ2v) is 11.2. The van der Waals surface area contributed by atoms with Crippen LogP contribution in [0.5, 0.6) is 0 Å². The minimum absolute atomic E-state index is 0.0424. The van der Waals surface area contributed by atoms with Crippen molar-refractivity contribution in [1.29, 1.82) is 0 Å². The molecule has 1 aliphatic heterocycles. The van der Waals surface area contributed by atoms with Crippen LogP contribution >= 0.6 is 0 Å². The van der Waals surface area contributed by atoms with Gasteiger partial charge in [0, 0.05) is 24.3 Å². The summed E-state index contributed by atoms with van der Waals surface area (Å²) in [5.74, 6) is 0.610. The number of piperidine rings is 1. The number of carbonyl (C=O) groups excluding carboxylic acids is 2. The number of ether oxygens (including phenoxy) is 2. The van der Waals surface area contributed by atoms with Gasteiger partial charge in [0.15, 0.2) is 0 Å². The van der Waals surface area contributed by atoms with E-state index in [-0.39, 0.29) is 24.3 Å². The minimum atomic E-state index is -0.605. The van der Waals surface area contributed by atoms with Gasteiger partial charge in [-0.3, -0.25) is 4.90 Å². The van der Waals surface area contributed by atoms with Crippen LogP contribution < -0.4 is 4.90 Å². The van der Waals surface area contributed by atoms with Crippen molar-refractivity contribution in [3.05, 3.63) is 23.9 Å². The Morgan fingerprint density at radius 1 is 0.939 bits per heavy atom. The molecule has 33 heavy (non-hydrogen) atoms. The summed E-state index contributed by atoms with van der Waals surface area (Å²) in [6, 6.07) is 3.73. The highest BCUT2D eigenvalue weighted by atomic mass is 16.6. The third-order valence-corrected chi connectivity index (χ3v) is 6.06. The van der Waals surface area contributed by atoms with Gasteiger partial charge >= 0.3 is 12.2 Å². The molecule has 2 heterocycles. The summed E-state index contributed by atoms with van der Waals surface area (Å²) in [5, 5.41) is 0. The lowest BCUT2D eigenvalue weighted by molar-refractivity contribution is 0.00954. The number of carbonyl (C=O) groups is 2. The van der Waals surface area contributed by atoms with Gasteiger partial charge in [0.1, 0.15) is 17.0 Å². The highest BCUT2D eigenvalue weighted by Gasteiger charge is 2.38. The number of hydrogen-bond acceptors (Lipinski definition) is 5. The fourth-order valence-corrected chi connectivity index (χ4v) is 4.72. The molecule has 184 valence electrons. The predicted molar refractivity (Wildman–Crippen MR) is 129 cm³/mol. The first-order valence-corrected chi connectivity index (χ1v) is 12.4. The number of aromatic nitrogens is 1. The van der Waals surface area contributed by atoms with Crippen LogP contribution in [0.4, 0.5) is 15.4 Å². The zero-order valence-corrected chi connectivity index (χ0v) is 21.2. The monoisotopic (exact) mass is 459 g/mol. The average molecular weight is 460 g/mol. The zero-order valence-electron chi connectivity index (χ0n) is 21.2. The van der Waals surface area contributed by atoms with Gasteiger partial charge in [-0.05, 0) is 79.7 Å². The van der Waals surface area contributed by atoms with Crippen LogP contribution in [0.15, 0.2) is 18.3 Å². The largest absolute Gasteiger partial charge is 0.444 e. The first kappa shape index (κ1) is 25.3. The molecule has 2 amide bonds. The SMILES string of the molecule is CC(C)(C)OC(=O)N(c1ncccc1[C@H]1CCCCN1C(=O)OC(C)(C)C)C1CCCCC1. The molecule has 2 aliphatic rings. The van der Waals surface area contributed by atoms with Gasteiger partial charge in [0.2, 0.25) is 0 Å². The summed E-state index contributed by atoms with van der Waals surface area (Å²) < 4.78 is 11.6. The number of likely N-dealkylation sites (tertiary alicyclic amines) is 1. The Morgan fingerprint density at radius 3 is 2.21 bits per heavy atom. The second kappa shape index (κ2) is 10.3. The van der Waals surface area contributed by atoms with E-state index in [0.717, 1.165) is 50.5 Å². The maximum absolute atomic E-state index is 13.5. The van der Waals surface area contributed by atoms with Gasteiger partial charge in [-0.2, -0.15) is 0 Å². The third kappa shape index (κ3) is 6.84. The van der Waals surface area contributed by atoms with Crippen molar-refractivity contribution in [2.24, 2.45) is 0 Å². The molecule has 0 aromatic carbocycles. The van der Waals surface area contributed by atoms with E-state index < -0.39 is 11.2 Å². The van der Waals surface area contributed by atoms with Crippen molar-refractivity contribution in [3.8, 4) is 0 Å². The zero-order chi connectivity index (χ0) is 24.2. The number of pyridine rings is 1. The van der Waals surface area contributed by atoms with Crippen molar-refractivity contribution in [1.82, 2.24) is 9.88 Å². The van der Waals surface area contributed by atoms with E-state index in [1.807, 2.05) is 58.6 Å². The van der Waals surface area contributed by atoms with E-state index in [1.165, 1.54) is 6.42 Å². The molecular weight excluding hydrogens is 418 g/mol. The van der Waals surface area contributed by atoms with Crippen LogP contribution in [0.3, 0.4) is 0 Å². The Morgan fingerprint density at radius 2 is 1.58 bits per heavy atom. The first-order valence-electron chi connectivity index (χ1n) is 12.4. The summed E-state index contributed by atoms with van der Waals surface area (Å²) in [6.07, 6.45) is 8.99. The van der Waals surface area contributed by atoms with Crippen LogP contribution in [0.2, 0.25) is 0 Å². The summed E-state index contributed by atoms with van der Waals surface area (Å²) in [7, 11) is 0. The van der Waals surface area contributed by atoms with E-state index in [0.29, 0.717) is 12.4 Å². The molecule has 0 bridgehead atoms. The molecule has 1 aromatic rings. The van der Waals surface area contributed by atoms with Crippen molar-refractivity contribution in [2.75, 3.05) is 11.4 Å². The van der Waals surface area contributed by atoms with E-state index in [1.54, 1.807) is 11.1 Å². The summed E-state index contributed by atoms with van der Waals surface area (Å²) in [4.78, 5) is 34.8. The maximum atomic E-state index is 13.5. The van der Waals surface area contributed by atoms with Gasteiger partial charge in [0.25, 0.3) is 0 Å². The number of amides is 2. The van der Waals surface area contributed by atoms with Crippen LogP contribution in [-0.2, 0) is 9.47 Å². The maximum Gasteiger partial charge on any atom is 0.416 e. The molecule has 0 N–H and O–H groups in total. The topological polar surface area (TPSA) is 72.0 Å². The predicted octanol–water partition coefficient (Wildman–Crippen LogP) is 6.62. The van der Waals surface area contributed by atoms with Crippen molar-refractivity contribution < 1.29 is 19.1 Å². The van der Waals surface area contributed by atoms with Crippen LogP contribution in [0, 0.1) is 0 Å². The molecule has 1 aliphatic carbocycles. The van der Waals surface area contributed by atoms with Crippen LogP contribution in [0.1, 0.15) is 105 Å². The molecule has 3 rings (SSSR count). The van der Waals surface area contributed by atoms with Crippen molar-refractivity contribution >= 4 is 18.0 Å². The van der Waals surface area contributed by atoms with E-state index in [4.69, 9.17) is 14.5 Å². The van der Waals surface area contributed by atoms with E-state index in [2.05, 4.69) is 0 Å². The minimum Gasteiger partial charge on any atom is -0.444 e. The van der Waals surface area contributed by atoms with Crippen LogP contribution in [-0.4, -0.2) is 45.9 Å². The van der Waals surface area contributed by atoms with Gasteiger partial charge in [0.05, 0.1) is 6.04 Å². The van der Waals surface area contributed by atoms with E-state index >= 15 is 0 Å². The van der Waals surface area contributed by atoms with Gasteiger partial charge in [-0.1, -0.05) is 25.3 Å². The molecule has 0 spiro atoms. The molecule has 1 aromatic heterocycles. The Bertz CT molecular complexity index is 822. The number of anilines is 1. The lowest BCUT2D eigenvalue weighted by Gasteiger charge is -2.40. The molecule has 1 saturated heterocycles. The second-order valence-electron chi connectivity index (χ2n) is 11.2. The van der Waals surface area contributed by atoms with Gasteiger partial charge in [-0.15, -0.1) is 0 Å². The molecule has 0 radical (unpaired) electrons. The molecule has 7 nitrogen and oxygen atoms in total. The van der Waals surface area contributed by atoms with Crippen molar-refractivity contribution in [3.63, 3.8) is 0 Å².